The maximum atomic E-state index is 2.56. The van der Waals surface area contributed by atoms with Crippen LogP contribution in [0.1, 0.15) is 71.9 Å². The van der Waals surface area contributed by atoms with Crippen molar-refractivity contribution < 1.29 is 22.9 Å². The van der Waals surface area contributed by atoms with Crippen molar-refractivity contribution in [2.24, 2.45) is 0 Å². The van der Waals surface area contributed by atoms with E-state index in [1.807, 2.05) is 3.33 Å². The molecule has 0 saturated carbocycles. The molecule has 0 bridgehead atoms. The van der Waals surface area contributed by atoms with Crippen LogP contribution in [-0.4, -0.2) is 0 Å². The molecule has 0 aromatic heterocycles. The first-order valence-corrected chi connectivity index (χ1v) is 14.3. The van der Waals surface area contributed by atoms with Crippen molar-refractivity contribution in [3.05, 3.63) is 73.1 Å². The molecule has 2 aliphatic carbocycles. The van der Waals surface area contributed by atoms with Gasteiger partial charge in [-0.3, -0.25) is 0 Å². The van der Waals surface area contributed by atoms with E-state index >= 15 is 0 Å². The molecule has 144 valence electrons. The monoisotopic (exact) mass is 536 g/mol. The molecule has 0 atom stereocenters. The predicted molar refractivity (Wildman–Crippen MR) is 119 cm³/mol. The van der Waals surface area contributed by atoms with Crippen molar-refractivity contribution in [3.8, 4) is 0 Å². The molecule has 2 aliphatic rings. The number of rotatable bonds is 5. The van der Waals surface area contributed by atoms with Crippen molar-refractivity contribution in [2.45, 2.75) is 70.4 Å². The number of fused-ring (bicyclic) bond motifs is 2. The zero-order valence-electron chi connectivity index (χ0n) is 18.3. The molecule has 0 aliphatic heterocycles. The number of unbranched alkanes of at least 4 members (excludes halogenated alkanes) is 1. The van der Waals surface area contributed by atoms with Gasteiger partial charge in [0.15, 0.2) is 0 Å². The molecule has 0 heterocycles. The summed E-state index contributed by atoms with van der Waals surface area (Å²) in [4.78, 5) is 0. The van der Waals surface area contributed by atoms with Gasteiger partial charge in [0.2, 0.25) is 0 Å². The van der Waals surface area contributed by atoms with Crippen molar-refractivity contribution >= 4 is 16.3 Å². The number of benzene rings is 2. The van der Waals surface area contributed by atoms with Gasteiger partial charge in [-0.2, -0.15) is 0 Å². The van der Waals surface area contributed by atoms with Crippen LogP contribution in [0.3, 0.4) is 0 Å². The molecule has 2 aromatic rings. The zero-order chi connectivity index (χ0) is 20.1. The molecule has 0 N–H and O–H groups in total. The van der Waals surface area contributed by atoms with Crippen molar-refractivity contribution in [2.75, 3.05) is 0 Å². The Hall–Kier alpha value is -1.21. The number of hydrogen-bond acceptors (Lipinski definition) is 0. The Labute approximate surface area is 182 Å². The van der Waals surface area contributed by atoms with E-state index in [1.54, 1.807) is 39.0 Å². The summed E-state index contributed by atoms with van der Waals surface area (Å²) in [6, 6.07) is 13.9. The second kappa shape index (κ2) is 7.56. The van der Waals surface area contributed by atoms with Crippen LogP contribution < -0.4 is 0 Å². The fourth-order valence-corrected chi connectivity index (χ4v) is 12.4. The molecule has 4 rings (SSSR count). The Morgan fingerprint density at radius 1 is 0.929 bits per heavy atom. The summed E-state index contributed by atoms with van der Waals surface area (Å²) in [6.45, 7) is 14.4. The Bertz CT molecular complexity index is 1020. The second-order valence-corrected chi connectivity index (χ2v) is 15.5. The van der Waals surface area contributed by atoms with Crippen LogP contribution in [0.15, 0.2) is 62.0 Å². The Morgan fingerprint density at radius 2 is 1.54 bits per heavy atom. The quantitative estimate of drug-likeness (QED) is 0.339. The summed E-state index contributed by atoms with van der Waals surface area (Å²) in [5, 5.41) is 2.80. The van der Waals surface area contributed by atoms with Crippen LogP contribution in [0.5, 0.6) is 0 Å². The van der Waals surface area contributed by atoms with E-state index in [1.165, 1.54) is 36.5 Å². The number of hydrogen-bond donors (Lipinski definition) is 0. The molecule has 1 heteroatoms. The van der Waals surface area contributed by atoms with Gasteiger partial charge in [0.25, 0.3) is 0 Å². The summed E-state index contributed by atoms with van der Waals surface area (Å²) in [7, 11) is 0. The van der Waals surface area contributed by atoms with Crippen LogP contribution in [0.2, 0.25) is 3.17 Å². The summed E-state index contributed by atoms with van der Waals surface area (Å²) in [6.07, 6.45) is 5.08. The van der Waals surface area contributed by atoms with Gasteiger partial charge in [-0.1, -0.05) is 0 Å². The molecule has 0 fully saturated rings. The van der Waals surface area contributed by atoms with Crippen LogP contribution in [0, 0.1) is 0 Å². The topological polar surface area (TPSA) is 0 Å². The van der Waals surface area contributed by atoms with E-state index in [4.69, 9.17) is 0 Å². The molecular weight excluding hydrogens is 503 g/mol. The summed E-state index contributed by atoms with van der Waals surface area (Å²) >= 11 is -1.06. The van der Waals surface area contributed by atoms with Gasteiger partial charge in [-0.05, 0) is 0 Å². The minimum atomic E-state index is -1.06. The van der Waals surface area contributed by atoms with E-state index in [0.717, 1.165) is 0 Å². The molecule has 0 saturated heterocycles. The third-order valence-corrected chi connectivity index (χ3v) is 14.7. The Morgan fingerprint density at radius 3 is 2.14 bits per heavy atom. The van der Waals surface area contributed by atoms with Crippen molar-refractivity contribution in [1.82, 2.24) is 0 Å². The molecule has 0 nitrogen and oxygen atoms in total. The molecule has 28 heavy (non-hydrogen) atoms. The second-order valence-electron chi connectivity index (χ2n) is 8.84. The van der Waals surface area contributed by atoms with E-state index in [0.29, 0.717) is 3.17 Å². The molecule has 0 radical (unpaired) electrons. The molecule has 2 aromatic carbocycles. The Balaban J connectivity index is 1.79. The van der Waals surface area contributed by atoms with E-state index in [2.05, 4.69) is 77.9 Å². The van der Waals surface area contributed by atoms with Crippen molar-refractivity contribution in [1.29, 1.82) is 0 Å². The normalized spacial score (nSPS) is 18.5. The van der Waals surface area contributed by atoms with Gasteiger partial charge in [-0.15, -0.1) is 0 Å². The first kappa shape index (κ1) is 20.1. The van der Waals surface area contributed by atoms with Gasteiger partial charge in [-0.25, -0.2) is 0 Å². The predicted octanol–water partition coefficient (Wildman–Crippen LogP) is 8.24. The standard InChI is InChI=1S/C17H17.C10H15.Hf/c1-2-3-6-13-9-10-16-11-14-7-4-5-8-15(14)12-17(13)16;1-6-7(2)9(4)10(5)8(6)3;/h4-5,7-8,11-12H,2-3,6,10H2,1H3;1-5H3;. The third kappa shape index (κ3) is 3.15. The SMILES string of the molecule is CCCCC1=[C]([Hf][C]2(C)C(C)=C(C)C(C)=C2C)Cc2cc3ccccc3cc21. The molecular formula is C27H32Hf. The van der Waals surface area contributed by atoms with E-state index in [-0.39, 0.29) is 0 Å². The fourth-order valence-electron chi connectivity index (χ4n) is 5.02. The third-order valence-electron chi connectivity index (χ3n) is 7.40. The first-order valence-electron chi connectivity index (χ1n) is 10.7. The maximum absolute atomic E-state index is 2.56. The van der Waals surface area contributed by atoms with Crippen LogP contribution in [0.25, 0.3) is 16.3 Å². The first-order chi connectivity index (χ1) is 13.4. The van der Waals surface area contributed by atoms with Gasteiger partial charge >= 0.3 is 183 Å². The van der Waals surface area contributed by atoms with Crippen LogP contribution in [-0.2, 0) is 29.3 Å². The average molecular weight is 535 g/mol. The minimum absolute atomic E-state index is 0.377. The van der Waals surface area contributed by atoms with Crippen LogP contribution in [0.4, 0.5) is 0 Å². The van der Waals surface area contributed by atoms with Crippen LogP contribution >= 0.6 is 0 Å². The Kier molecular flexibility index (Phi) is 5.42. The summed E-state index contributed by atoms with van der Waals surface area (Å²) < 4.78 is 2.25. The summed E-state index contributed by atoms with van der Waals surface area (Å²) in [5.41, 5.74) is 11.3. The van der Waals surface area contributed by atoms with E-state index in [9.17, 15) is 0 Å². The fraction of sp³-hybridized carbons (Fsp3) is 0.407. The van der Waals surface area contributed by atoms with Crippen molar-refractivity contribution in [3.63, 3.8) is 0 Å². The van der Waals surface area contributed by atoms with E-state index < -0.39 is 22.9 Å². The molecule has 0 amide bonds. The average Bonchev–Trinajstić information content (AvgIpc) is 3.09. The number of allylic oxidation sites excluding steroid dienone is 6. The van der Waals surface area contributed by atoms with Gasteiger partial charge in [0.05, 0.1) is 0 Å². The van der Waals surface area contributed by atoms with Gasteiger partial charge < -0.3 is 0 Å². The van der Waals surface area contributed by atoms with Gasteiger partial charge in [0.1, 0.15) is 0 Å². The molecule has 0 spiro atoms. The zero-order valence-corrected chi connectivity index (χ0v) is 21.9. The summed E-state index contributed by atoms with van der Waals surface area (Å²) in [5.74, 6) is 0. The van der Waals surface area contributed by atoms with Gasteiger partial charge in [0, 0.05) is 0 Å². The molecule has 0 unspecified atom stereocenters.